The second kappa shape index (κ2) is 6.40. The number of ether oxygens (including phenoxy) is 1. The largest absolute Gasteiger partial charge is 0.461 e. The zero-order valence-electron chi connectivity index (χ0n) is 14.6. The summed E-state index contributed by atoms with van der Waals surface area (Å²) in [5.74, 6) is -0.486. The maximum atomic E-state index is 11.9. The fourth-order valence-corrected chi connectivity index (χ4v) is 2.75. The Morgan fingerprint density at radius 1 is 1.36 bits per heavy atom. The molecule has 0 N–H and O–H groups in total. The lowest BCUT2D eigenvalue weighted by Gasteiger charge is -2.09. The van der Waals surface area contributed by atoms with E-state index in [1.165, 1.54) is 4.80 Å². The molecular weight excluding hydrogens is 318 g/mol. The molecule has 7 nitrogen and oxygen atoms in total. The summed E-state index contributed by atoms with van der Waals surface area (Å²) in [6.07, 6.45) is 1.86. The Kier molecular flexibility index (Phi) is 4.28. The van der Waals surface area contributed by atoms with Crippen molar-refractivity contribution < 1.29 is 9.53 Å². The van der Waals surface area contributed by atoms with Crippen molar-refractivity contribution in [1.29, 1.82) is 0 Å². The number of esters is 1. The number of carbonyl (C=O) groups excluding carboxylic acids is 1. The van der Waals surface area contributed by atoms with Crippen LogP contribution in [0.2, 0.25) is 0 Å². The first-order valence-corrected chi connectivity index (χ1v) is 8.09. The average molecular weight is 337 g/mol. The highest BCUT2D eigenvalue weighted by atomic mass is 16.5. The van der Waals surface area contributed by atoms with E-state index in [1.807, 2.05) is 24.4 Å². The zero-order valence-corrected chi connectivity index (χ0v) is 14.6. The van der Waals surface area contributed by atoms with Crippen molar-refractivity contribution in [3.8, 4) is 5.69 Å². The molecule has 3 aromatic rings. The molecule has 128 valence electrons. The summed E-state index contributed by atoms with van der Waals surface area (Å²) >= 11 is 0. The molecule has 3 rings (SSSR count). The van der Waals surface area contributed by atoms with Gasteiger partial charge in [0.05, 0.1) is 24.6 Å². The standard InChI is InChI=1S/C18H19N5O2/c1-6-25-18(24)17-12(4)20-23(21-17)13-7-8-16-14(9-13)15(19-5)10-22(16)11(2)3/h7-11H,6H2,1-4H3. The van der Waals surface area contributed by atoms with Crippen LogP contribution in [-0.2, 0) is 4.74 Å². The van der Waals surface area contributed by atoms with E-state index < -0.39 is 5.97 Å². The van der Waals surface area contributed by atoms with Crippen LogP contribution < -0.4 is 0 Å². The minimum absolute atomic E-state index is 0.201. The summed E-state index contributed by atoms with van der Waals surface area (Å²) in [5.41, 5.74) is 2.97. The molecular formula is C18H19N5O2. The first-order valence-electron chi connectivity index (χ1n) is 8.09. The number of rotatable bonds is 4. The van der Waals surface area contributed by atoms with Gasteiger partial charge in [-0.3, -0.25) is 0 Å². The monoisotopic (exact) mass is 337 g/mol. The van der Waals surface area contributed by atoms with Gasteiger partial charge in [-0.2, -0.15) is 9.90 Å². The molecule has 0 bridgehead atoms. The number of benzene rings is 1. The number of carbonyl (C=O) groups is 1. The van der Waals surface area contributed by atoms with Crippen LogP contribution in [0.25, 0.3) is 21.4 Å². The van der Waals surface area contributed by atoms with Crippen LogP contribution in [0.15, 0.2) is 24.4 Å². The van der Waals surface area contributed by atoms with Crippen LogP contribution in [-0.4, -0.2) is 32.1 Å². The fraction of sp³-hybridized carbons (Fsp3) is 0.333. The molecule has 7 heteroatoms. The summed E-state index contributed by atoms with van der Waals surface area (Å²) < 4.78 is 7.06. The average Bonchev–Trinajstić information content (AvgIpc) is 3.15. The normalized spacial score (nSPS) is 11.0. The summed E-state index contributed by atoms with van der Waals surface area (Å²) in [5, 5.41) is 9.40. The van der Waals surface area contributed by atoms with Crippen LogP contribution in [0, 0.1) is 13.5 Å². The van der Waals surface area contributed by atoms with Crippen LogP contribution in [0.3, 0.4) is 0 Å². The Bertz CT molecular complexity index is 991. The number of nitrogens with zero attached hydrogens (tertiary/aromatic N) is 5. The maximum Gasteiger partial charge on any atom is 0.360 e. The van der Waals surface area contributed by atoms with Gasteiger partial charge in [0, 0.05) is 23.1 Å². The molecule has 0 unspecified atom stereocenters. The van der Waals surface area contributed by atoms with Gasteiger partial charge >= 0.3 is 5.97 Å². The lowest BCUT2D eigenvalue weighted by atomic mass is 10.2. The summed E-state index contributed by atoms with van der Waals surface area (Å²) in [7, 11) is 0. The first-order chi connectivity index (χ1) is 12.0. The molecule has 2 heterocycles. The molecule has 0 aliphatic carbocycles. The smallest absolute Gasteiger partial charge is 0.360 e. The van der Waals surface area contributed by atoms with E-state index in [4.69, 9.17) is 11.3 Å². The molecule has 0 saturated carbocycles. The molecule has 0 radical (unpaired) electrons. The Hall–Kier alpha value is -3.14. The van der Waals surface area contributed by atoms with Gasteiger partial charge in [0.1, 0.15) is 0 Å². The summed E-state index contributed by atoms with van der Waals surface area (Å²) in [4.78, 5) is 16.9. The van der Waals surface area contributed by atoms with Gasteiger partial charge in [0.25, 0.3) is 0 Å². The second-order valence-electron chi connectivity index (χ2n) is 5.97. The van der Waals surface area contributed by atoms with Gasteiger partial charge in [0.15, 0.2) is 5.69 Å². The second-order valence-corrected chi connectivity index (χ2v) is 5.97. The van der Waals surface area contributed by atoms with Crippen molar-refractivity contribution in [2.45, 2.75) is 33.7 Å². The first kappa shape index (κ1) is 16.7. The molecule has 0 fully saturated rings. The lowest BCUT2D eigenvalue weighted by molar-refractivity contribution is 0.0518. The van der Waals surface area contributed by atoms with Crippen LogP contribution >= 0.6 is 0 Å². The SMILES string of the molecule is [C-]#[N+]c1cn(C(C)C)c2ccc(-n3nc(C)c(C(=O)OCC)n3)cc12. The van der Waals surface area contributed by atoms with E-state index in [1.54, 1.807) is 13.8 Å². The third kappa shape index (κ3) is 2.87. The van der Waals surface area contributed by atoms with E-state index in [0.717, 1.165) is 10.9 Å². The zero-order chi connectivity index (χ0) is 18.1. The van der Waals surface area contributed by atoms with E-state index in [-0.39, 0.29) is 18.3 Å². The number of hydrogen-bond donors (Lipinski definition) is 0. The molecule has 2 aromatic heterocycles. The van der Waals surface area contributed by atoms with Gasteiger partial charge in [-0.1, -0.05) is 0 Å². The highest BCUT2D eigenvalue weighted by molar-refractivity contribution is 5.95. The van der Waals surface area contributed by atoms with Crippen molar-refractivity contribution >= 4 is 22.6 Å². The Morgan fingerprint density at radius 2 is 2.12 bits per heavy atom. The van der Waals surface area contributed by atoms with Gasteiger partial charge < -0.3 is 9.30 Å². The van der Waals surface area contributed by atoms with Crippen LogP contribution in [0.4, 0.5) is 5.69 Å². The van der Waals surface area contributed by atoms with Gasteiger partial charge in [0.2, 0.25) is 5.69 Å². The molecule has 0 amide bonds. The highest BCUT2D eigenvalue weighted by Gasteiger charge is 2.18. The van der Waals surface area contributed by atoms with Gasteiger partial charge in [-0.05, 0) is 45.9 Å². The molecule has 0 spiro atoms. The van der Waals surface area contributed by atoms with Crippen molar-refractivity contribution in [3.05, 3.63) is 47.2 Å². The molecule has 0 saturated heterocycles. The van der Waals surface area contributed by atoms with Crippen molar-refractivity contribution in [2.24, 2.45) is 0 Å². The Morgan fingerprint density at radius 3 is 2.76 bits per heavy atom. The highest BCUT2D eigenvalue weighted by Crippen LogP contribution is 2.32. The maximum absolute atomic E-state index is 11.9. The fourth-order valence-electron chi connectivity index (χ4n) is 2.75. The molecule has 25 heavy (non-hydrogen) atoms. The van der Waals surface area contributed by atoms with E-state index >= 15 is 0 Å². The number of fused-ring (bicyclic) bond motifs is 1. The Balaban J connectivity index is 2.10. The lowest BCUT2D eigenvalue weighted by Crippen LogP contribution is -2.07. The van der Waals surface area contributed by atoms with Gasteiger partial charge in [-0.25, -0.2) is 9.64 Å². The van der Waals surface area contributed by atoms with E-state index in [2.05, 4.69) is 33.5 Å². The predicted molar refractivity (Wildman–Crippen MR) is 94.2 cm³/mol. The quantitative estimate of drug-likeness (QED) is 0.536. The van der Waals surface area contributed by atoms with Gasteiger partial charge in [-0.15, -0.1) is 5.10 Å². The molecule has 0 aliphatic heterocycles. The molecule has 0 aliphatic rings. The third-order valence-corrected chi connectivity index (χ3v) is 3.95. The van der Waals surface area contributed by atoms with Crippen molar-refractivity contribution in [3.63, 3.8) is 0 Å². The number of aryl methyl sites for hydroxylation is 1. The number of hydrogen-bond acceptors (Lipinski definition) is 4. The van der Waals surface area contributed by atoms with E-state index in [0.29, 0.717) is 17.1 Å². The van der Waals surface area contributed by atoms with Crippen LogP contribution in [0.1, 0.15) is 43.0 Å². The minimum atomic E-state index is -0.486. The predicted octanol–water partition coefficient (Wildman–Crippen LogP) is 3.84. The third-order valence-electron chi connectivity index (χ3n) is 3.95. The van der Waals surface area contributed by atoms with Crippen LogP contribution in [0.5, 0.6) is 0 Å². The summed E-state index contributed by atoms with van der Waals surface area (Å²) in [6.45, 7) is 15.3. The Labute approximate surface area is 145 Å². The topological polar surface area (TPSA) is 66.3 Å². The number of aromatic nitrogens is 4. The molecule has 0 atom stereocenters. The van der Waals surface area contributed by atoms with Crippen molar-refractivity contribution in [2.75, 3.05) is 6.61 Å². The summed E-state index contributed by atoms with van der Waals surface area (Å²) in [6, 6.07) is 5.95. The van der Waals surface area contributed by atoms with Crippen molar-refractivity contribution in [1.82, 2.24) is 19.6 Å². The van der Waals surface area contributed by atoms with E-state index in [9.17, 15) is 4.79 Å². The minimum Gasteiger partial charge on any atom is -0.461 e. The molecule has 1 aromatic carbocycles.